The molecule has 1 unspecified atom stereocenters. The third-order valence-corrected chi connectivity index (χ3v) is 3.08. The molecule has 1 rings (SSSR count). The monoisotopic (exact) mass is 240 g/mol. The van der Waals surface area contributed by atoms with E-state index in [4.69, 9.17) is 5.84 Å². The van der Waals surface area contributed by atoms with Gasteiger partial charge >= 0.3 is 0 Å². The molecule has 1 aromatic heterocycles. The summed E-state index contributed by atoms with van der Waals surface area (Å²) >= 11 is 1.72. The van der Waals surface area contributed by atoms with Crippen LogP contribution in [0, 0.1) is 0 Å². The molecule has 0 saturated carbocycles. The molecule has 4 nitrogen and oxygen atoms in total. The molecule has 0 aliphatic heterocycles. The highest BCUT2D eigenvalue weighted by molar-refractivity contribution is 7.10. The Bertz CT molecular complexity index is 319. The third kappa shape index (κ3) is 3.83. The molecule has 0 amide bonds. The number of aliphatic imine (C=N–C) groups is 1. The maximum atomic E-state index is 5.44. The van der Waals surface area contributed by atoms with E-state index < -0.39 is 0 Å². The summed E-state index contributed by atoms with van der Waals surface area (Å²) in [6, 6.07) is 4.64. The Labute approximate surface area is 101 Å². The average molecular weight is 240 g/mol. The number of hydrogen-bond donors (Lipinski definition) is 3. The predicted molar refractivity (Wildman–Crippen MR) is 70.4 cm³/mol. The minimum absolute atomic E-state index is 0.178. The Morgan fingerprint density at radius 1 is 1.56 bits per heavy atom. The second-order valence-electron chi connectivity index (χ2n) is 3.86. The van der Waals surface area contributed by atoms with Gasteiger partial charge in [-0.3, -0.25) is 5.43 Å². The van der Waals surface area contributed by atoms with Gasteiger partial charge in [-0.2, -0.15) is 0 Å². The van der Waals surface area contributed by atoms with Crippen molar-refractivity contribution in [2.24, 2.45) is 10.8 Å². The Morgan fingerprint density at radius 2 is 2.31 bits per heavy atom. The highest BCUT2D eigenvalue weighted by atomic mass is 32.1. The van der Waals surface area contributed by atoms with E-state index in [1.807, 2.05) is 6.07 Å². The van der Waals surface area contributed by atoms with Crippen molar-refractivity contribution in [3.05, 3.63) is 22.4 Å². The summed E-state index contributed by atoms with van der Waals surface area (Å²) in [6.07, 6.45) is 0.964. The van der Waals surface area contributed by atoms with Gasteiger partial charge in [0, 0.05) is 10.9 Å². The average Bonchev–Trinajstić information content (AvgIpc) is 2.76. The molecule has 0 bridgehead atoms. The lowest BCUT2D eigenvalue weighted by molar-refractivity contribution is 0.663. The number of hydrogen-bond acceptors (Lipinski definition) is 3. The fourth-order valence-corrected chi connectivity index (χ4v) is 2.23. The van der Waals surface area contributed by atoms with Crippen molar-refractivity contribution in [2.75, 3.05) is 0 Å². The first-order valence-corrected chi connectivity index (χ1v) is 6.39. The van der Waals surface area contributed by atoms with E-state index in [1.54, 1.807) is 11.3 Å². The molecule has 90 valence electrons. The van der Waals surface area contributed by atoms with Gasteiger partial charge in [-0.05, 0) is 31.7 Å². The molecule has 0 aliphatic carbocycles. The molecule has 0 aromatic carbocycles. The van der Waals surface area contributed by atoms with Gasteiger partial charge < -0.3 is 5.32 Å². The van der Waals surface area contributed by atoms with E-state index in [0.717, 1.165) is 6.42 Å². The molecule has 5 heteroatoms. The lowest BCUT2D eigenvalue weighted by atomic mass is 10.2. The molecule has 1 aromatic rings. The maximum Gasteiger partial charge on any atom is 0.206 e. The van der Waals surface area contributed by atoms with Gasteiger partial charge in [0.15, 0.2) is 0 Å². The highest BCUT2D eigenvalue weighted by Crippen LogP contribution is 2.25. The van der Waals surface area contributed by atoms with Crippen molar-refractivity contribution in [3.8, 4) is 0 Å². The van der Waals surface area contributed by atoms with Gasteiger partial charge in [-0.1, -0.05) is 13.0 Å². The summed E-state index contributed by atoms with van der Waals surface area (Å²) in [6.45, 7) is 6.23. The minimum atomic E-state index is 0.178. The van der Waals surface area contributed by atoms with Crippen molar-refractivity contribution in [2.45, 2.75) is 39.3 Å². The summed E-state index contributed by atoms with van der Waals surface area (Å²) in [4.78, 5) is 5.84. The molecule has 16 heavy (non-hydrogen) atoms. The summed E-state index contributed by atoms with van der Waals surface area (Å²) in [7, 11) is 0. The maximum absolute atomic E-state index is 5.44. The van der Waals surface area contributed by atoms with Crippen LogP contribution in [0.25, 0.3) is 0 Å². The lowest BCUT2D eigenvalue weighted by Crippen LogP contribution is -2.44. The van der Waals surface area contributed by atoms with Crippen LogP contribution >= 0.6 is 11.3 Å². The zero-order valence-corrected chi connectivity index (χ0v) is 10.8. The molecule has 1 heterocycles. The normalized spacial score (nSPS) is 13.9. The number of nitrogens with zero attached hydrogens (tertiary/aromatic N) is 1. The molecule has 0 spiro atoms. The molecule has 4 N–H and O–H groups in total. The van der Waals surface area contributed by atoms with Crippen molar-refractivity contribution >= 4 is 17.3 Å². The zero-order valence-electron chi connectivity index (χ0n) is 10.0. The van der Waals surface area contributed by atoms with E-state index in [2.05, 4.69) is 48.0 Å². The molecular formula is C11H20N4S. The Hall–Kier alpha value is -1.07. The van der Waals surface area contributed by atoms with Crippen molar-refractivity contribution in [3.63, 3.8) is 0 Å². The SMILES string of the molecule is CCC(N=C(NN)NC(C)C)c1cccs1. The highest BCUT2D eigenvalue weighted by Gasteiger charge is 2.10. The van der Waals surface area contributed by atoms with Gasteiger partial charge in [0.1, 0.15) is 0 Å². The molecule has 0 fully saturated rings. The third-order valence-electron chi connectivity index (χ3n) is 2.11. The first-order valence-electron chi connectivity index (χ1n) is 5.51. The Balaban J connectivity index is 2.76. The van der Waals surface area contributed by atoms with Gasteiger partial charge in [-0.25, -0.2) is 10.8 Å². The quantitative estimate of drug-likeness (QED) is 0.326. The number of guanidine groups is 1. The fraction of sp³-hybridized carbons (Fsp3) is 0.545. The van der Waals surface area contributed by atoms with Gasteiger partial charge in [0.2, 0.25) is 5.96 Å². The largest absolute Gasteiger partial charge is 0.353 e. The van der Waals surface area contributed by atoms with Gasteiger partial charge in [-0.15, -0.1) is 11.3 Å². The topological polar surface area (TPSA) is 62.4 Å². The Kier molecular flexibility index (Phi) is 5.28. The summed E-state index contributed by atoms with van der Waals surface area (Å²) < 4.78 is 0. The van der Waals surface area contributed by atoms with Crippen LogP contribution in [0.5, 0.6) is 0 Å². The van der Waals surface area contributed by atoms with Crippen LogP contribution in [0.1, 0.15) is 38.1 Å². The van der Waals surface area contributed by atoms with Gasteiger partial charge in [0.05, 0.1) is 6.04 Å². The second-order valence-corrected chi connectivity index (χ2v) is 4.84. The van der Waals surface area contributed by atoms with Crippen LogP contribution in [0.3, 0.4) is 0 Å². The molecule has 1 atom stereocenters. The molecule has 0 aliphatic rings. The predicted octanol–water partition coefficient (Wildman–Crippen LogP) is 2.02. The van der Waals surface area contributed by atoms with Crippen LogP contribution in [0.2, 0.25) is 0 Å². The summed E-state index contributed by atoms with van der Waals surface area (Å²) in [5.41, 5.74) is 2.60. The smallest absolute Gasteiger partial charge is 0.206 e. The first-order chi connectivity index (χ1) is 7.67. The van der Waals surface area contributed by atoms with Crippen molar-refractivity contribution < 1.29 is 0 Å². The number of nitrogens with two attached hydrogens (primary N) is 1. The van der Waals surface area contributed by atoms with Crippen molar-refractivity contribution in [1.82, 2.24) is 10.7 Å². The zero-order chi connectivity index (χ0) is 12.0. The van der Waals surface area contributed by atoms with Gasteiger partial charge in [0.25, 0.3) is 0 Å². The van der Waals surface area contributed by atoms with Crippen LogP contribution in [-0.4, -0.2) is 12.0 Å². The van der Waals surface area contributed by atoms with Crippen LogP contribution in [0.15, 0.2) is 22.5 Å². The second kappa shape index (κ2) is 6.50. The van der Waals surface area contributed by atoms with Crippen LogP contribution < -0.4 is 16.6 Å². The summed E-state index contributed by atoms with van der Waals surface area (Å²) in [5.74, 6) is 6.09. The number of nitrogens with one attached hydrogen (secondary N) is 2. The molecule has 0 saturated heterocycles. The minimum Gasteiger partial charge on any atom is -0.353 e. The van der Waals surface area contributed by atoms with E-state index in [-0.39, 0.29) is 6.04 Å². The number of hydrazine groups is 1. The fourth-order valence-electron chi connectivity index (χ4n) is 1.38. The molecular weight excluding hydrogens is 220 g/mol. The van der Waals surface area contributed by atoms with Crippen molar-refractivity contribution in [1.29, 1.82) is 0 Å². The Morgan fingerprint density at radius 3 is 2.75 bits per heavy atom. The lowest BCUT2D eigenvalue weighted by Gasteiger charge is -2.15. The first kappa shape index (κ1) is 13.0. The van der Waals surface area contributed by atoms with E-state index in [9.17, 15) is 0 Å². The number of thiophene rings is 1. The van der Waals surface area contributed by atoms with E-state index in [1.165, 1.54) is 4.88 Å². The standard InChI is InChI=1S/C11H20N4S/c1-4-9(10-6-5-7-16-10)14-11(15-12)13-8(2)3/h5-9H,4,12H2,1-3H3,(H2,13,14,15). The molecule has 0 radical (unpaired) electrons. The van der Waals surface area contributed by atoms with Crippen LogP contribution in [0.4, 0.5) is 0 Å². The number of rotatable bonds is 4. The van der Waals surface area contributed by atoms with E-state index >= 15 is 0 Å². The summed E-state index contributed by atoms with van der Waals surface area (Å²) in [5, 5.41) is 5.24. The van der Waals surface area contributed by atoms with Crippen LogP contribution in [-0.2, 0) is 0 Å². The van der Waals surface area contributed by atoms with E-state index in [0.29, 0.717) is 12.0 Å².